The lowest BCUT2D eigenvalue weighted by molar-refractivity contribution is -0.384. The largest absolute Gasteiger partial charge is 0.419 e. The van der Waals surface area contributed by atoms with E-state index in [2.05, 4.69) is 15.5 Å². The number of nitro benzene ring substituents is 1. The molecule has 0 aliphatic rings. The normalized spacial score (nSPS) is 12.3. The molecule has 94 valence electrons. The summed E-state index contributed by atoms with van der Waals surface area (Å²) < 4.78 is 5.42. The summed E-state index contributed by atoms with van der Waals surface area (Å²) in [6.07, 6.45) is 0. The Morgan fingerprint density at radius 3 is 2.78 bits per heavy atom. The van der Waals surface area contributed by atoms with Gasteiger partial charge in [0.25, 0.3) is 11.6 Å². The van der Waals surface area contributed by atoms with E-state index in [1.165, 1.54) is 6.07 Å². The Morgan fingerprint density at radius 2 is 2.11 bits per heavy atom. The third-order valence-electron chi connectivity index (χ3n) is 2.58. The second kappa shape index (κ2) is 4.92. The van der Waals surface area contributed by atoms with Gasteiger partial charge in [-0.2, -0.15) is 0 Å². The molecule has 0 fully saturated rings. The first-order chi connectivity index (χ1) is 8.63. The molecule has 0 saturated carbocycles. The molecule has 0 bridgehead atoms. The monoisotopic (exact) mass is 248 g/mol. The molecular formula is C11H12N4O3. The minimum absolute atomic E-state index is 0.0511. The predicted octanol–water partition coefficient (Wildman–Crippen LogP) is 1.93. The van der Waals surface area contributed by atoms with Gasteiger partial charge in [-0.3, -0.25) is 10.1 Å². The summed E-state index contributed by atoms with van der Waals surface area (Å²) in [5.74, 6) is 0.546. The Kier molecular flexibility index (Phi) is 3.33. The number of nitrogens with zero attached hydrogens (tertiary/aromatic N) is 3. The van der Waals surface area contributed by atoms with Crippen molar-refractivity contribution in [2.24, 2.45) is 0 Å². The summed E-state index contributed by atoms with van der Waals surface area (Å²) in [5, 5.41) is 21.5. The number of hydrogen-bond donors (Lipinski definition) is 1. The molecule has 1 heterocycles. The van der Waals surface area contributed by atoms with Crippen molar-refractivity contribution in [2.75, 3.05) is 7.05 Å². The Morgan fingerprint density at radius 1 is 1.39 bits per heavy atom. The maximum atomic E-state index is 10.9. The van der Waals surface area contributed by atoms with Crippen LogP contribution in [-0.4, -0.2) is 22.2 Å². The first kappa shape index (κ1) is 12.2. The fraction of sp³-hybridized carbons (Fsp3) is 0.273. The second-order valence-corrected chi connectivity index (χ2v) is 3.73. The maximum Gasteiger partial charge on any atom is 0.282 e. The van der Waals surface area contributed by atoms with Crippen LogP contribution >= 0.6 is 0 Å². The molecule has 1 aromatic carbocycles. The van der Waals surface area contributed by atoms with Crippen LogP contribution in [0.25, 0.3) is 11.5 Å². The lowest BCUT2D eigenvalue weighted by Gasteiger charge is -2.02. The Labute approximate surface area is 103 Å². The molecule has 1 N–H and O–H groups in total. The number of benzene rings is 1. The molecule has 0 aliphatic heterocycles. The van der Waals surface area contributed by atoms with Gasteiger partial charge in [0.05, 0.1) is 11.0 Å². The maximum absolute atomic E-state index is 10.9. The van der Waals surface area contributed by atoms with Crippen molar-refractivity contribution in [1.82, 2.24) is 15.5 Å². The summed E-state index contributed by atoms with van der Waals surface area (Å²) in [7, 11) is 1.76. The third kappa shape index (κ3) is 2.21. The van der Waals surface area contributed by atoms with Crippen LogP contribution in [0.4, 0.5) is 5.69 Å². The molecule has 7 nitrogen and oxygen atoms in total. The van der Waals surface area contributed by atoms with Gasteiger partial charge in [-0.05, 0) is 20.0 Å². The number of aromatic nitrogens is 2. The molecule has 0 saturated heterocycles. The van der Waals surface area contributed by atoms with Crippen molar-refractivity contribution >= 4 is 5.69 Å². The van der Waals surface area contributed by atoms with Crippen molar-refractivity contribution in [3.8, 4) is 11.5 Å². The zero-order valence-corrected chi connectivity index (χ0v) is 9.95. The lowest BCUT2D eigenvalue weighted by Crippen LogP contribution is -2.12. The molecule has 1 unspecified atom stereocenters. The molecular weight excluding hydrogens is 236 g/mol. The first-order valence-corrected chi connectivity index (χ1v) is 5.38. The Hall–Kier alpha value is -2.28. The number of para-hydroxylation sites is 1. The molecule has 0 amide bonds. The van der Waals surface area contributed by atoms with Crippen LogP contribution in [0.3, 0.4) is 0 Å². The summed E-state index contributed by atoms with van der Waals surface area (Å²) in [5.41, 5.74) is 0.273. The highest BCUT2D eigenvalue weighted by Gasteiger charge is 2.20. The summed E-state index contributed by atoms with van der Waals surface area (Å²) in [6.45, 7) is 1.86. The van der Waals surface area contributed by atoms with Crippen LogP contribution in [-0.2, 0) is 0 Å². The molecule has 18 heavy (non-hydrogen) atoms. The van der Waals surface area contributed by atoms with E-state index >= 15 is 0 Å². The average Bonchev–Trinajstić information content (AvgIpc) is 2.87. The highest BCUT2D eigenvalue weighted by Crippen LogP contribution is 2.29. The van der Waals surface area contributed by atoms with Gasteiger partial charge >= 0.3 is 0 Å². The van der Waals surface area contributed by atoms with E-state index in [4.69, 9.17) is 4.42 Å². The first-order valence-electron chi connectivity index (χ1n) is 5.38. The number of nitrogens with one attached hydrogen (secondary N) is 1. The van der Waals surface area contributed by atoms with E-state index in [1.807, 2.05) is 6.92 Å². The van der Waals surface area contributed by atoms with Gasteiger partial charge in [-0.25, -0.2) is 0 Å². The second-order valence-electron chi connectivity index (χ2n) is 3.73. The van der Waals surface area contributed by atoms with Crippen molar-refractivity contribution in [3.63, 3.8) is 0 Å². The Bertz CT molecular complexity index is 567. The van der Waals surface area contributed by atoms with Crippen molar-refractivity contribution in [2.45, 2.75) is 13.0 Å². The van der Waals surface area contributed by atoms with Crippen LogP contribution in [0.1, 0.15) is 18.9 Å². The van der Waals surface area contributed by atoms with E-state index in [-0.39, 0.29) is 17.6 Å². The fourth-order valence-corrected chi connectivity index (χ4v) is 1.46. The van der Waals surface area contributed by atoms with Crippen LogP contribution in [0.15, 0.2) is 28.7 Å². The zero-order valence-electron chi connectivity index (χ0n) is 9.95. The molecule has 0 aliphatic carbocycles. The van der Waals surface area contributed by atoms with E-state index < -0.39 is 4.92 Å². The van der Waals surface area contributed by atoms with Crippen LogP contribution < -0.4 is 5.32 Å². The topological polar surface area (TPSA) is 94.1 Å². The summed E-state index contributed by atoms with van der Waals surface area (Å²) >= 11 is 0. The highest BCUT2D eigenvalue weighted by atomic mass is 16.6. The van der Waals surface area contributed by atoms with Crippen LogP contribution in [0, 0.1) is 10.1 Å². The van der Waals surface area contributed by atoms with Gasteiger partial charge in [0.1, 0.15) is 5.56 Å². The smallest absolute Gasteiger partial charge is 0.282 e. The zero-order chi connectivity index (χ0) is 13.1. The van der Waals surface area contributed by atoms with Crippen molar-refractivity contribution in [3.05, 3.63) is 40.3 Å². The number of nitro groups is 1. The summed E-state index contributed by atoms with van der Waals surface area (Å²) in [4.78, 5) is 10.4. The predicted molar refractivity (Wildman–Crippen MR) is 63.9 cm³/mol. The summed E-state index contributed by atoms with van der Waals surface area (Å²) in [6, 6.07) is 6.16. The van der Waals surface area contributed by atoms with E-state index in [1.54, 1.807) is 25.2 Å². The molecule has 0 radical (unpaired) electrons. The van der Waals surface area contributed by atoms with Gasteiger partial charge in [0.2, 0.25) is 5.89 Å². The standard InChI is InChI=1S/C11H12N4O3/c1-7(12-2)10-13-14-11(18-10)8-5-3-4-6-9(8)15(16)17/h3-7,12H,1-2H3. The van der Waals surface area contributed by atoms with E-state index in [9.17, 15) is 10.1 Å². The SMILES string of the molecule is CNC(C)c1nnc(-c2ccccc2[N+](=O)[O-])o1. The third-order valence-corrected chi connectivity index (χ3v) is 2.58. The highest BCUT2D eigenvalue weighted by molar-refractivity contribution is 5.66. The molecule has 1 atom stereocenters. The van der Waals surface area contributed by atoms with Gasteiger partial charge in [0.15, 0.2) is 0 Å². The van der Waals surface area contributed by atoms with Crippen molar-refractivity contribution in [1.29, 1.82) is 0 Å². The van der Waals surface area contributed by atoms with Gasteiger partial charge in [0, 0.05) is 6.07 Å². The van der Waals surface area contributed by atoms with Gasteiger partial charge in [-0.1, -0.05) is 12.1 Å². The number of rotatable bonds is 4. The quantitative estimate of drug-likeness (QED) is 0.656. The van der Waals surface area contributed by atoms with Crippen LogP contribution in [0.2, 0.25) is 0 Å². The Balaban J connectivity index is 2.43. The van der Waals surface area contributed by atoms with Gasteiger partial charge < -0.3 is 9.73 Å². The molecule has 2 aromatic rings. The van der Waals surface area contributed by atoms with Crippen molar-refractivity contribution < 1.29 is 9.34 Å². The number of hydrogen-bond acceptors (Lipinski definition) is 6. The lowest BCUT2D eigenvalue weighted by atomic mass is 10.2. The molecule has 2 rings (SSSR count). The molecule has 0 spiro atoms. The van der Waals surface area contributed by atoms with Gasteiger partial charge in [-0.15, -0.1) is 10.2 Å². The van der Waals surface area contributed by atoms with Crippen LogP contribution in [0.5, 0.6) is 0 Å². The van der Waals surface area contributed by atoms with E-state index in [0.717, 1.165) is 0 Å². The van der Waals surface area contributed by atoms with E-state index in [0.29, 0.717) is 11.5 Å². The molecule has 7 heteroatoms. The average molecular weight is 248 g/mol. The minimum Gasteiger partial charge on any atom is -0.419 e. The molecule has 1 aromatic heterocycles. The fourth-order valence-electron chi connectivity index (χ4n) is 1.46. The minimum atomic E-state index is -0.472.